The average molecular weight is 165 g/mol. The molecule has 3 heteroatoms. The molecule has 0 radical (unpaired) electrons. The lowest BCUT2D eigenvalue weighted by Crippen LogP contribution is -2.09. The summed E-state index contributed by atoms with van der Waals surface area (Å²) in [5.41, 5.74) is 8.82. The normalized spacial score (nSPS) is 10.3. The number of rotatable bonds is 2. The molecule has 1 rings (SSSR count). The Kier molecular flexibility index (Phi) is 2.76. The molecule has 12 heavy (non-hydrogen) atoms. The molecule has 0 atom stereocenters. The molecule has 66 valence electrons. The van der Waals surface area contributed by atoms with Crippen molar-refractivity contribution in [2.45, 2.75) is 33.7 Å². The zero-order valence-corrected chi connectivity index (χ0v) is 7.89. The maximum atomic E-state index is 5.57. The van der Waals surface area contributed by atoms with Gasteiger partial charge in [-0.1, -0.05) is 6.92 Å². The second-order valence-electron chi connectivity index (χ2n) is 2.84. The van der Waals surface area contributed by atoms with E-state index < -0.39 is 0 Å². The van der Waals surface area contributed by atoms with Crippen LogP contribution in [-0.2, 0) is 13.0 Å². The number of nitrogens with two attached hydrogens (primary N) is 1. The van der Waals surface area contributed by atoms with E-state index in [1.165, 1.54) is 5.56 Å². The van der Waals surface area contributed by atoms with Gasteiger partial charge in [0.15, 0.2) is 0 Å². The summed E-state index contributed by atoms with van der Waals surface area (Å²) in [4.78, 5) is 8.57. The molecule has 0 spiro atoms. The van der Waals surface area contributed by atoms with Crippen molar-refractivity contribution < 1.29 is 0 Å². The molecular weight excluding hydrogens is 150 g/mol. The molecule has 0 bridgehead atoms. The minimum Gasteiger partial charge on any atom is -0.325 e. The molecule has 0 aliphatic rings. The number of nitrogens with zero attached hydrogens (tertiary/aromatic N) is 2. The highest BCUT2D eigenvalue weighted by molar-refractivity contribution is 5.24. The van der Waals surface area contributed by atoms with Crippen LogP contribution < -0.4 is 5.73 Å². The standard InChI is InChI=1S/C9H15N3/c1-4-8-6(2)11-7(3)12-9(8)5-10/h4-5,10H2,1-3H3. The zero-order valence-electron chi connectivity index (χ0n) is 7.89. The minimum absolute atomic E-state index is 0.507. The average Bonchev–Trinajstić information content (AvgIpc) is 2.03. The van der Waals surface area contributed by atoms with E-state index in [2.05, 4.69) is 16.9 Å². The van der Waals surface area contributed by atoms with E-state index in [0.29, 0.717) is 6.54 Å². The summed E-state index contributed by atoms with van der Waals surface area (Å²) in [6.07, 6.45) is 0.957. The Hall–Kier alpha value is -0.960. The van der Waals surface area contributed by atoms with Crippen LogP contribution in [0.4, 0.5) is 0 Å². The predicted molar refractivity (Wildman–Crippen MR) is 48.8 cm³/mol. The Morgan fingerprint density at radius 2 is 1.92 bits per heavy atom. The van der Waals surface area contributed by atoms with Crippen LogP contribution in [-0.4, -0.2) is 9.97 Å². The van der Waals surface area contributed by atoms with Gasteiger partial charge in [0.2, 0.25) is 0 Å². The molecule has 0 aliphatic carbocycles. The Morgan fingerprint density at radius 3 is 2.42 bits per heavy atom. The summed E-state index contributed by atoms with van der Waals surface area (Å²) in [7, 11) is 0. The highest BCUT2D eigenvalue weighted by Crippen LogP contribution is 2.10. The van der Waals surface area contributed by atoms with E-state index in [0.717, 1.165) is 23.6 Å². The highest BCUT2D eigenvalue weighted by atomic mass is 14.9. The van der Waals surface area contributed by atoms with Crippen LogP contribution in [0.25, 0.3) is 0 Å². The van der Waals surface area contributed by atoms with Crippen molar-refractivity contribution >= 4 is 0 Å². The van der Waals surface area contributed by atoms with Crippen LogP contribution in [0.1, 0.15) is 29.7 Å². The summed E-state index contributed by atoms with van der Waals surface area (Å²) in [6, 6.07) is 0. The minimum atomic E-state index is 0.507. The maximum absolute atomic E-state index is 5.57. The Labute approximate surface area is 73.0 Å². The van der Waals surface area contributed by atoms with Crippen LogP contribution in [0.3, 0.4) is 0 Å². The second-order valence-corrected chi connectivity index (χ2v) is 2.84. The van der Waals surface area contributed by atoms with E-state index in [1.54, 1.807) is 0 Å². The Balaban J connectivity index is 3.24. The number of aromatic nitrogens is 2. The largest absolute Gasteiger partial charge is 0.325 e. The summed E-state index contributed by atoms with van der Waals surface area (Å²) < 4.78 is 0. The van der Waals surface area contributed by atoms with Crippen LogP contribution in [0.2, 0.25) is 0 Å². The van der Waals surface area contributed by atoms with E-state index in [9.17, 15) is 0 Å². The third-order valence-electron chi connectivity index (χ3n) is 1.96. The van der Waals surface area contributed by atoms with E-state index in [4.69, 9.17) is 5.73 Å². The fraction of sp³-hybridized carbons (Fsp3) is 0.556. The highest BCUT2D eigenvalue weighted by Gasteiger charge is 2.05. The van der Waals surface area contributed by atoms with Crippen molar-refractivity contribution in [3.63, 3.8) is 0 Å². The fourth-order valence-corrected chi connectivity index (χ4v) is 1.44. The molecule has 1 aromatic rings. The van der Waals surface area contributed by atoms with Gasteiger partial charge in [-0.2, -0.15) is 0 Å². The van der Waals surface area contributed by atoms with Crippen LogP contribution >= 0.6 is 0 Å². The first-order chi connectivity index (χ1) is 5.69. The maximum Gasteiger partial charge on any atom is 0.125 e. The van der Waals surface area contributed by atoms with Gasteiger partial charge in [0.05, 0.1) is 5.69 Å². The fourth-order valence-electron chi connectivity index (χ4n) is 1.44. The van der Waals surface area contributed by atoms with Gasteiger partial charge >= 0.3 is 0 Å². The van der Waals surface area contributed by atoms with Crippen molar-refractivity contribution in [1.82, 2.24) is 9.97 Å². The molecule has 3 nitrogen and oxygen atoms in total. The molecule has 0 amide bonds. The molecule has 2 N–H and O–H groups in total. The lowest BCUT2D eigenvalue weighted by molar-refractivity contribution is 0.857. The van der Waals surface area contributed by atoms with Crippen molar-refractivity contribution in [3.05, 3.63) is 22.8 Å². The van der Waals surface area contributed by atoms with Gasteiger partial charge in [-0.15, -0.1) is 0 Å². The Bertz CT molecular complexity index is 281. The summed E-state index contributed by atoms with van der Waals surface area (Å²) in [5, 5.41) is 0. The van der Waals surface area contributed by atoms with E-state index in [1.807, 2.05) is 13.8 Å². The van der Waals surface area contributed by atoms with Gasteiger partial charge in [0.25, 0.3) is 0 Å². The van der Waals surface area contributed by atoms with Crippen LogP contribution in [0, 0.1) is 13.8 Å². The smallest absolute Gasteiger partial charge is 0.125 e. The monoisotopic (exact) mass is 165 g/mol. The van der Waals surface area contributed by atoms with Crippen LogP contribution in [0.15, 0.2) is 0 Å². The molecule has 0 saturated carbocycles. The molecule has 1 heterocycles. The first kappa shape index (κ1) is 9.13. The van der Waals surface area contributed by atoms with Gasteiger partial charge in [-0.05, 0) is 25.8 Å². The van der Waals surface area contributed by atoms with Crippen molar-refractivity contribution in [2.75, 3.05) is 0 Å². The quantitative estimate of drug-likeness (QED) is 0.714. The number of aryl methyl sites for hydroxylation is 2. The molecule has 1 aromatic heterocycles. The van der Waals surface area contributed by atoms with Crippen molar-refractivity contribution in [3.8, 4) is 0 Å². The number of hydrogen-bond donors (Lipinski definition) is 1. The zero-order chi connectivity index (χ0) is 9.14. The molecule has 0 aromatic carbocycles. The molecule has 0 unspecified atom stereocenters. The molecule has 0 aliphatic heterocycles. The SMILES string of the molecule is CCc1c(C)nc(C)nc1CN. The molecule has 0 saturated heterocycles. The predicted octanol–water partition coefficient (Wildman–Crippen LogP) is 1.11. The Morgan fingerprint density at radius 1 is 1.25 bits per heavy atom. The van der Waals surface area contributed by atoms with Crippen molar-refractivity contribution in [2.24, 2.45) is 5.73 Å². The third kappa shape index (κ3) is 1.61. The molecule has 0 fully saturated rings. The second kappa shape index (κ2) is 3.63. The molecular formula is C9H15N3. The lowest BCUT2D eigenvalue weighted by atomic mass is 10.1. The number of hydrogen-bond acceptors (Lipinski definition) is 3. The van der Waals surface area contributed by atoms with Crippen molar-refractivity contribution in [1.29, 1.82) is 0 Å². The summed E-state index contributed by atoms with van der Waals surface area (Å²) >= 11 is 0. The van der Waals surface area contributed by atoms with Gasteiger partial charge in [-0.25, -0.2) is 9.97 Å². The summed E-state index contributed by atoms with van der Waals surface area (Å²) in [6.45, 7) is 6.51. The first-order valence-electron chi connectivity index (χ1n) is 4.22. The third-order valence-corrected chi connectivity index (χ3v) is 1.96. The first-order valence-corrected chi connectivity index (χ1v) is 4.22. The summed E-state index contributed by atoms with van der Waals surface area (Å²) in [5.74, 6) is 0.810. The van der Waals surface area contributed by atoms with Gasteiger partial charge in [0.1, 0.15) is 5.82 Å². The van der Waals surface area contributed by atoms with Gasteiger partial charge in [0, 0.05) is 12.2 Å². The van der Waals surface area contributed by atoms with Gasteiger partial charge < -0.3 is 5.73 Å². The van der Waals surface area contributed by atoms with Crippen LogP contribution in [0.5, 0.6) is 0 Å². The van der Waals surface area contributed by atoms with E-state index in [-0.39, 0.29) is 0 Å². The topological polar surface area (TPSA) is 51.8 Å². The van der Waals surface area contributed by atoms with Gasteiger partial charge in [-0.3, -0.25) is 0 Å². The van der Waals surface area contributed by atoms with E-state index >= 15 is 0 Å². The lowest BCUT2D eigenvalue weighted by Gasteiger charge is -2.08.